The van der Waals surface area contributed by atoms with Crippen molar-refractivity contribution in [3.05, 3.63) is 41.4 Å². The Labute approximate surface area is 259 Å². The van der Waals surface area contributed by atoms with E-state index in [0.29, 0.717) is 6.54 Å². The predicted octanol–water partition coefficient (Wildman–Crippen LogP) is 3.09. The molecule has 0 saturated carbocycles. The number of aromatic nitrogens is 2. The van der Waals surface area contributed by atoms with Gasteiger partial charge in [0.2, 0.25) is 11.8 Å². The van der Waals surface area contributed by atoms with Crippen LogP contribution in [0.25, 0.3) is 5.69 Å². The van der Waals surface area contributed by atoms with E-state index in [1.54, 1.807) is 17.6 Å². The van der Waals surface area contributed by atoms with E-state index >= 15 is 0 Å². The number of aliphatic hydroxyl groups excluding tert-OH is 1. The lowest BCUT2D eigenvalue weighted by Crippen LogP contribution is -2.58. The van der Waals surface area contributed by atoms with Gasteiger partial charge < -0.3 is 19.9 Å². The number of carbonyl (C=O) groups is 3. The molecular formula is C28H40BrN7O5S. The van der Waals surface area contributed by atoms with Crippen LogP contribution in [0.4, 0.5) is 5.69 Å². The number of aliphatic imine (C=N–C) groups is 1. The molecule has 0 bridgehead atoms. The van der Waals surface area contributed by atoms with E-state index in [1.165, 1.54) is 10.4 Å². The van der Waals surface area contributed by atoms with E-state index in [1.807, 2.05) is 70.5 Å². The number of halogens is 1. The number of aliphatic hydroxyl groups is 1. The van der Waals surface area contributed by atoms with Crippen LogP contribution < -0.4 is 15.1 Å². The Bertz CT molecular complexity index is 1250. The van der Waals surface area contributed by atoms with Crippen LogP contribution in [0.2, 0.25) is 0 Å². The van der Waals surface area contributed by atoms with Crippen LogP contribution in [0.5, 0.6) is 0 Å². The largest absolute Gasteiger partial charge is 0.391 e. The molecule has 42 heavy (non-hydrogen) atoms. The normalized spacial score (nSPS) is 18.0. The summed E-state index contributed by atoms with van der Waals surface area (Å²) in [6, 6.07) is 3.93. The number of hydrogen-bond acceptors (Lipinski definition) is 9. The van der Waals surface area contributed by atoms with Crippen molar-refractivity contribution >= 4 is 56.8 Å². The maximum Gasteiger partial charge on any atom is 0.253 e. The molecule has 3 rings (SSSR count). The van der Waals surface area contributed by atoms with Crippen LogP contribution in [0, 0.1) is 5.41 Å². The van der Waals surface area contributed by atoms with Crippen LogP contribution in [0.15, 0.2) is 46.4 Å². The van der Waals surface area contributed by atoms with Crippen LogP contribution >= 0.6 is 27.9 Å². The summed E-state index contributed by atoms with van der Waals surface area (Å²) in [4.78, 5) is 55.1. The first kappa shape index (κ1) is 33.6. The smallest absolute Gasteiger partial charge is 0.253 e. The summed E-state index contributed by atoms with van der Waals surface area (Å²) < 4.78 is 5.37. The molecule has 1 aromatic carbocycles. The van der Waals surface area contributed by atoms with Crippen LogP contribution in [-0.4, -0.2) is 86.8 Å². The highest BCUT2D eigenvalue weighted by atomic mass is 79.9. The first-order valence-corrected chi connectivity index (χ1v) is 15.4. The van der Waals surface area contributed by atoms with Crippen molar-refractivity contribution in [1.82, 2.24) is 24.5 Å². The van der Waals surface area contributed by atoms with Gasteiger partial charge >= 0.3 is 0 Å². The maximum atomic E-state index is 13.7. The van der Waals surface area contributed by atoms with Gasteiger partial charge in [-0.2, -0.15) is 0 Å². The SMILES string of the molecule is CCN(OCC(=O)N[C@H](C(=O)N1C[C@H](O)C[C@H]1C(=O)NSC=NC(C)C)C(C)(C)C)c1ccc(-n2ccnc2)c(Br)c1. The fraction of sp³-hybridized carbons (Fsp3) is 0.536. The summed E-state index contributed by atoms with van der Waals surface area (Å²) in [5, 5.41) is 14.7. The zero-order valence-electron chi connectivity index (χ0n) is 24.8. The lowest BCUT2D eigenvalue weighted by atomic mass is 9.85. The van der Waals surface area contributed by atoms with Gasteiger partial charge in [0.25, 0.3) is 5.91 Å². The second-order valence-corrected chi connectivity index (χ2v) is 12.8. The molecule has 230 valence electrons. The monoisotopic (exact) mass is 665 g/mol. The molecule has 0 aliphatic carbocycles. The molecule has 2 heterocycles. The van der Waals surface area contributed by atoms with Gasteiger partial charge in [-0.15, -0.1) is 0 Å². The van der Waals surface area contributed by atoms with Crippen molar-refractivity contribution in [1.29, 1.82) is 0 Å². The Balaban J connectivity index is 1.65. The Kier molecular flexibility index (Phi) is 12.0. The number of anilines is 1. The molecule has 1 aliphatic heterocycles. The number of carbonyl (C=O) groups excluding carboxylic acids is 3. The number of β-amino-alcohol motifs (C(OH)–C–C–N with tert-alkyl or cyclic N) is 1. The summed E-state index contributed by atoms with van der Waals surface area (Å²) in [6.45, 7) is 11.3. The predicted molar refractivity (Wildman–Crippen MR) is 167 cm³/mol. The van der Waals surface area contributed by atoms with E-state index in [2.05, 4.69) is 35.9 Å². The number of hydroxylamine groups is 1. The molecule has 1 aliphatic rings. The number of hydrogen-bond donors (Lipinski definition) is 3. The number of nitrogens with zero attached hydrogens (tertiary/aromatic N) is 5. The fourth-order valence-electron chi connectivity index (χ4n) is 4.37. The Morgan fingerprint density at radius 2 is 2.07 bits per heavy atom. The van der Waals surface area contributed by atoms with E-state index in [4.69, 9.17) is 4.84 Å². The van der Waals surface area contributed by atoms with E-state index < -0.39 is 41.3 Å². The van der Waals surface area contributed by atoms with Gasteiger partial charge in [0.1, 0.15) is 12.1 Å². The zero-order valence-corrected chi connectivity index (χ0v) is 27.2. The lowest BCUT2D eigenvalue weighted by molar-refractivity contribution is -0.144. The molecule has 0 unspecified atom stereocenters. The van der Waals surface area contributed by atoms with E-state index in [-0.39, 0.29) is 25.6 Å². The van der Waals surface area contributed by atoms with Gasteiger partial charge in [0.05, 0.1) is 29.4 Å². The highest BCUT2D eigenvalue weighted by Gasteiger charge is 2.44. The third-order valence-electron chi connectivity index (χ3n) is 6.49. The first-order chi connectivity index (χ1) is 19.8. The molecule has 3 atom stereocenters. The fourth-order valence-corrected chi connectivity index (χ4v) is 5.56. The topological polar surface area (TPSA) is 141 Å². The van der Waals surface area contributed by atoms with Crippen LogP contribution in [0.3, 0.4) is 0 Å². The van der Waals surface area contributed by atoms with Gasteiger partial charge in [-0.1, -0.05) is 20.8 Å². The Morgan fingerprint density at radius 3 is 2.67 bits per heavy atom. The van der Waals surface area contributed by atoms with Crippen molar-refractivity contribution in [2.75, 3.05) is 24.8 Å². The molecule has 0 spiro atoms. The van der Waals surface area contributed by atoms with Gasteiger partial charge in [0, 0.05) is 42.4 Å². The molecule has 3 amide bonds. The van der Waals surface area contributed by atoms with Crippen molar-refractivity contribution in [2.24, 2.45) is 10.4 Å². The zero-order chi connectivity index (χ0) is 31.0. The Morgan fingerprint density at radius 1 is 1.33 bits per heavy atom. The summed E-state index contributed by atoms with van der Waals surface area (Å²) in [5.74, 6) is -1.34. The van der Waals surface area contributed by atoms with Crippen LogP contribution in [0.1, 0.15) is 48.0 Å². The maximum absolute atomic E-state index is 13.7. The van der Waals surface area contributed by atoms with Crippen molar-refractivity contribution < 1.29 is 24.3 Å². The van der Waals surface area contributed by atoms with Crippen molar-refractivity contribution in [2.45, 2.75) is 72.2 Å². The van der Waals surface area contributed by atoms with E-state index in [0.717, 1.165) is 27.8 Å². The minimum absolute atomic E-state index is 0.00577. The second kappa shape index (κ2) is 15.0. The van der Waals surface area contributed by atoms with Gasteiger partial charge in [-0.3, -0.25) is 34.0 Å². The van der Waals surface area contributed by atoms with Gasteiger partial charge in [0.15, 0.2) is 6.61 Å². The number of nitrogens with one attached hydrogen (secondary N) is 2. The molecule has 1 fully saturated rings. The molecule has 0 radical (unpaired) electrons. The average molecular weight is 667 g/mol. The summed E-state index contributed by atoms with van der Waals surface area (Å²) in [7, 11) is 0. The number of amides is 3. The number of imidazole rings is 1. The summed E-state index contributed by atoms with van der Waals surface area (Å²) in [5.41, 5.74) is 2.49. The number of benzene rings is 1. The quantitative estimate of drug-likeness (QED) is 0.136. The van der Waals surface area contributed by atoms with E-state index in [9.17, 15) is 19.5 Å². The van der Waals surface area contributed by atoms with Gasteiger partial charge in [-0.25, -0.2) is 4.98 Å². The minimum Gasteiger partial charge on any atom is -0.391 e. The first-order valence-electron chi connectivity index (χ1n) is 13.7. The van der Waals surface area contributed by atoms with Crippen molar-refractivity contribution in [3.63, 3.8) is 0 Å². The molecular weight excluding hydrogens is 626 g/mol. The Hall–Kier alpha value is -2.94. The van der Waals surface area contributed by atoms with Gasteiger partial charge in [-0.05, 0) is 72.3 Å². The standard InChI is InChI=1S/C28H40BrN7O5S/c1-7-36(19-8-9-22(21(29)12-19)34-11-10-30-16-34)41-15-24(38)32-25(28(4,5)6)27(40)35-14-20(37)13-23(35)26(39)33-42-17-31-18(2)3/h8-12,16-18,20,23,25,37H,7,13-15H2,1-6H3,(H,32,38)(H,33,39)/t20-,23+,25-/m1/s1. The summed E-state index contributed by atoms with van der Waals surface area (Å²) >= 11 is 4.60. The van der Waals surface area contributed by atoms with Crippen LogP contribution in [-0.2, 0) is 19.2 Å². The van der Waals surface area contributed by atoms with Crippen molar-refractivity contribution in [3.8, 4) is 5.69 Å². The molecule has 12 nitrogen and oxygen atoms in total. The lowest BCUT2D eigenvalue weighted by Gasteiger charge is -2.35. The molecule has 1 aromatic heterocycles. The number of rotatable bonds is 12. The third kappa shape index (κ3) is 9.03. The third-order valence-corrected chi connectivity index (χ3v) is 7.68. The highest BCUT2D eigenvalue weighted by molar-refractivity contribution is 9.10. The molecule has 3 N–H and O–H groups in total. The second-order valence-electron chi connectivity index (χ2n) is 11.3. The molecule has 1 saturated heterocycles. The highest BCUT2D eigenvalue weighted by Crippen LogP contribution is 2.28. The number of likely N-dealkylation sites (tertiary alicyclic amines) is 1. The minimum atomic E-state index is -0.956. The average Bonchev–Trinajstić information content (AvgIpc) is 3.59. The molecule has 2 aromatic rings. The molecule has 14 heteroatoms. The summed E-state index contributed by atoms with van der Waals surface area (Å²) in [6.07, 6.45) is 4.49.